The summed E-state index contributed by atoms with van der Waals surface area (Å²) in [7, 11) is 0. The minimum atomic E-state index is -0.298. The maximum atomic E-state index is 12.8. The molecule has 0 radical (unpaired) electrons. The molecule has 25 heavy (non-hydrogen) atoms. The van der Waals surface area contributed by atoms with Crippen LogP contribution in [-0.2, 0) is 0 Å². The van der Waals surface area contributed by atoms with Gasteiger partial charge in [0.25, 0.3) is 5.91 Å². The van der Waals surface area contributed by atoms with E-state index in [1.807, 2.05) is 20.8 Å². The van der Waals surface area contributed by atoms with Crippen molar-refractivity contribution in [3.05, 3.63) is 17.7 Å². The molecule has 0 spiro atoms. The second kappa shape index (κ2) is 8.94. The molecule has 1 aromatic carbocycles. The molecule has 1 amide bonds. The van der Waals surface area contributed by atoms with Gasteiger partial charge < -0.3 is 25.3 Å². The molecule has 0 unspecified atom stereocenters. The first-order valence-corrected chi connectivity index (χ1v) is 9.18. The lowest BCUT2D eigenvalue weighted by atomic mass is 9.97. The second-order valence-electron chi connectivity index (χ2n) is 6.25. The van der Waals surface area contributed by atoms with Crippen LogP contribution in [0.2, 0.25) is 0 Å². The molecule has 1 fully saturated rings. The molecule has 140 valence electrons. The molecule has 6 heteroatoms. The van der Waals surface area contributed by atoms with Crippen molar-refractivity contribution in [1.82, 2.24) is 5.32 Å². The van der Waals surface area contributed by atoms with E-state index in [4.69, 9.17) is 19.9 Å². The predicted molar refractivity (Wildman–Crippen MR) is 97.7 cm³/mol. The smallest absolute Gasteiger partial charge is 0.252 e. The monoisotopic (exact) mass is 350 g/mol. The largest absolute Gasteiger partial charge is 0.490 e. The fraction of sp³-hybridized carbons (Fsp3) is 0.632. The highest BCUT2D eigenvalue weighted by Gasteiger charge is 2.34. The molecule has 0 aromatic heterocycles. The Morgan fingerprint density at radius 3 is 2.00 bits per heavy atom. The Balaban J connectivity index is 2.33. The second-order valence-corrected chi connectivity index (χ2v) is 6.25. The number of rotatable bonds is 9. The van der Waals surface area contributed by atoms with E-state index in [1.54, 1.807) is 12.1 Å². The van der Waals surface area contributed by atoms with Crippen molar-refractivity contribution < 1.29 is 19.0 Å². The van der Waals surface area contributed by atoms with Crippen LogP contribution in [0.15, 0.2) is 12.1 Å². The minimum absolute atomic E-state index is 0.155. The molecule has 0 heterocycles. The van der Waals surface area contributed by atoms with Crippen LogP contribution in [0.5, 0.6) is 17.2 Å². The summed E-state index contributed by atoms with van der Waals surface area (Å²) in [5.74, 6) is 1.43. The maximum Gasteiger partial charge on any atom is 0.252 e. The van der Waals surface area contributed by atoms with Crippen molar-refractivity contribution in [3.63, 3.8) is 0 Å². The Bertz CT molecular complexity index is 556. The number of ether oxygens (including phenoxy) is 3. The summed E-state index contributed by atoms with van der Waals surface area (Å²) < 4.78 is 17.0. The normalized spacial score (nSPS) is 15.7. The number of carbonyl (C=O) groups excluding carboxylic acids is 1. The number of nitrogens with two attached hydrogens (primary N) is 1. The lowest BCUT2D eigenvalue weighted by molar-refractivity contribution is 0.0902. The Kier molecular flexibility index (Phi) is 6.93. The summed E-state index contributed by atoms with van der Waals surface area (Å²) in [6.45, 7) is 7.58. The molecule has 6 nitrogen and oxygen atoms in total. The summed E-state index contributed by atoms with van der Waals surface area (Å²) in [6.07, 6.45) is 4.02. The van der Waals surface area contributed by atoms with E-state index in [0.29, 0.717) is 49.2 Å². The molecule has 0 aliphatic heterocycles. The highest BCUT2D eigenvalue weighted by atomic mass is 16.5. The van der Waals surface area contributed by atoms with Gasteiger partial charge >= 0.3 is 0 Å². The number of nitrogens with one attached hydrogen (secondary N) is 1. The molecule has 1 aliphatic rings. The molecule has 3 N–H and O–H groups in total. The van der Waals surface area contributed by atoms with Gasteiger partial charge in [-0.3, -0.25) is 4.79 Å². The van der Waals surface area contributed by atoms with Crippen molar-refractivity contribution >= 4 is 5.91 Å². The van der Waals surface area contributed by atoms with E-state index < -0.39 is 0 Å². The summed E-state index contributed by atoms with van der Waals surface area (Å²) in [4.78, 5) is 12.8. The number of hydrogen-bond donors (Lipinski definition) is 2. The highest BCUT2D eigenvalue weighted by Crippen LogP contribution is 2.39. The summed E-state index contributed by atoms with van der Waals surface area (Å²) >= 11 is 0. The third kappa shape index (κ3) is 4.57. The van der Waals surface area contributed by atoms with Gasteiger partial charge in [-0.15, -0.1) is 0 Å². The van der Waals surface area contributed by atoms with Crippen molar-refractivity contribution in [3.8, 4) is 17.2 Å². The quantitative estimate of drug-likeness (QED) is 0.715. The van der Waals surface area contributed by atoms with Gasteiger partial charge in [-0.1, -0.05) is 12.8 Å². The zero-order valence-corrected chi connectivity index (χ0v) is 15.5. The average molecular weight is 350 g/mol. The molecule has 1 aliphatic carbocycles. The van der Waals surface area contributed by atoms with Crippen molar-refractivity contribution in [2.24, 2.45) is 5.73 Å². The summed E-state index contributed by atoms with van der Waals surface area (Å²) in [5, 5.41) is 3.13. The topological polar surface area (TPSA) is 82.8 Å². The molecule has 0 saturated heterocycles. The molecule has 0 atom stereocenters. The van der Waals surface area contributed by atoms with Gasteiger partial charge in [-0.05, 0) is 45.7 Å². The lowest BCUT2D eigenvalue weighted by Gasteiger charge is -2.29. The SMILES string of the molecule is CCOc1cc(C(=O)NC2(CN)CCCC2)cc(OCC)c1OCC. The van der Waals surface area contributed by atoms with E-state index in [-0.39, 0.29) is 11.4 Å². The van der Waals surface area contributed by atoms with Crippen LogP contribution in [0.1, 0.15) is 56.8 Å². The van der Waals surface area contributed by atoms with Crippen LogP contribution in [0.4, 0.5) is 0 Å². The first-order chi connectivity index (χ1) is 12.1. The lowest BCUT2D eigenvalue weighted by Crippen LogP contribution is -2.51. The van der Waals surface area contributed by atoms with Crippen molar-refractivity contribution in [2.75, 3.05) is 26.4 Å². The minimum Gasteiger partial charge on any atom is -0.490 e. The van der Waals surface area contributed by atoms with E-state index >= 15 is 0 Å². The van der Waals surface area contributed by atoms with Gasteiger partial charge in [0.1, 0.15) is 0 Å². The molecular formula is C19H30N2O4. The average Bonchev–Trinajstić information content (AvgIpc) is 3.07. The van der Waals surface area contributed by atoms with Gasteiger partial charge in [0.05, 0.1) is 25.4 Å². The molecule has 1 aromatic rings. The molecule has 1 saturated carbocycles. The fourth-order valence-electron chi connectivity index (χ4n) is 3.26. The van der Waals surface area contributed by atoms with Crippen LogP contribution in [0.25, 0.3) is 0 Å². The van der Waals surface area contributed by atoms with Crippen molar-refractivity contribution in [1.29, 1.82) is 0 Å². The summed E-state index contributed by atoms with van der Waals surface area (Å²) in [6, 6.07) is 3.43. The Morgan fingerprint density at radius 2 is 1.56 bits per heavy atom. The van der Waals surface area contributed by atoms with Crippen LogP contribution in [0, 0.1) is 0 Å². The molecule has 2 rings (SSSR count). The highest BCUT2D eigenvalue weighted by molar-refractivity contribution is 5.96. The Hall–Kier alpha value is -1.95. The van der Waals surface area contributed by atoms with E-state index in [0.717, 1.165) is 25.7 Å². The predicted octanol–water partition coefficient (Wildman–Crippen LogP) is 2.88. The molecular weight excluding hydrogens is 320 g/mol. The van der Waals surface area contributed by atoms with Crippen LogP contribution in [-0.4, -0.2) is 37.8 Å². The van der Waals surface area contributed by atoms with E-state index in [1.165, 1.54) is 0 Å². The number of benzene rings is 1. The zero-order valence-electron chi connectivity index (χ0n) is 15.5. The summed E-state index contributed by atoms with van der Waals surface area (Å²) in [5.41, 5.74) is 6.13. The van der Waals surface area contributed by atoms with Gasteiger partial charge in [0.2, 0.25) is 5.75 Å². The molecule has 0 bridgehead atoms. The first kappa shape index (κ1) is 19.4. The number of hydrogen-bond acceptors (Lipinski definition) is 5. The number of carbonyl (C=O) groups is 1. The third-order valence-electron chi connectivity index (χ3n) is 4.50. The van der Waals surface area contributed by atoms with Gasteiger partial charge in [0.15, 0.2) is 11.5 Å². The Labute approximate surface area is 150 Å². The van der Waals surface area contributed by atoms with E-state index in [2.05, 4.69) is 5.32 Å². The fourth-order valence-corrected chi connectivity index (χ4v) is 3.26. The first-order valence-electron chi connectivity index (χ1n) is 9.18. The van der Waals surface area contributed by atoms with Crippen LogP contribution in [0.3, 0.4) is 0 Å². The zero-order chi connectivity index (χ0) is 18.3. The standard InChI is InChI=1S/C19H30N2O4/c1-4-23-15-11-14(12-16(24-5-2)17(15)25-6-3)18(22)21-19(13-20)9-7-8-10-19/h11-12H,4-10,13,20H2,1-3H3,(H,21,22). The third-order valence-corrected chi connectivity index (χ3v) is 4.50. The maximum absolute atomic E-state index is 12.8. The number of amides is 1. The van der Waals surface area contributed by atoms with Gasteiger partial charge in [0, 0.05) is 12.1 Å². The van der Waals surface area contributed by atoms with Gasteiger partial charge in [-0.2, -0.15) is 0 Å². The Morgan fingerprint density at radius 1 is 1.04 bits per heavy atom. The van der Waals surface area contributed by atoms with E-state index in [9.17, 15) is 4.79 Å². The van der Waals surface area contributed by atoms with Crippen LogP contribution < -0.4 is 25.3 Å². The van der Waals surface area contributed by atoms with Crippen LogP contribution >= 0.6 is 0 Å². The van der Waals surface area contributed by atoms with Gasteiger partial charge in [-0.25, -0.2) is 0 Å². The van der Waals surface area contributed by atoms with Crippen molar-refractivity contribution in [2.45, 2.75) is 52.0 Å².